The molecule has 15 heteroatoms. The van der Waals surface area contributed by atoms with Crippen molar-refractivity contribution in [3.05, 3.63) is 17.4 Å². The Bertz CT molecular complexity index is 1180. The molecule has 0 amide bonds. The summed E-state index contributed by atoms with van der Waals surface area (Å²) in [4.78, 5) is 20.7. The maximum absolute atomic E-state index is 12.4. The molecule has 0 spiro atoms. The van der Waals surface area contributed by atoms with Crippen molar-refractivity contribution < 1.29 is 37.7 Å². The van der Waals surface area contributed by atoms with Crippen LogP contribution in [0.3, 0.4) is 0 Å². The SMILES string of the molecule is C[C@@H](P(=O)(O)O)S(=O)(=O)C[C@H]1O[C@@H](n2ncc3c(NC4CCCC4)cc(Cl)nc32)[C@H](O)[C@@H]1O. The van der Waals surface area contributed by atoms with Crippen LogP contribution in [0.4, 0.5) is 5.69 Å². The van der Waals surface area contributed by atoms with Crippen LogP contribution < -0.4 is 5.32 Å². The van der Waals surface area contributed by atoms with Crippen LogP contribution in [0.2, 0.25) is 5.15 Å². The van der Waals surface area contributed by atoms with Gasteiger partial charge < -0.3 is 30.1 Å². The fourth-order valence-corrected chi connectivity index (χ4v) is 7.36. The predicted octanol–water partition coefficient (Wildman–Crippen LogP) is 0.997. The van der Waals surface area contributed by atoms with E-state index in [1.54, 1.807) is 6.07 Å². The Morgan fingerprint density at radius 2 is 1.97 bits per heavy atom. The van der Waals surface area contributed by atoms with Gasteiger partial charge in [-0.2, -0.15) is 5.10 Å². The lowest BCUT2D eigenvalue weighted by Crippen LogP contribution is -2.37. The maximum atomic E-state index is 12.4. The van der Waals surface area contributed by atoms with Crippen LogP contribution in [0.1, 0.15) is 38.8 Å². The number of rotatable bonds is 7. The zero-order chi connectivity index (χ0) is 24.1. The van der Waals surface area contributed by atoms with Gasteiger partial charge in [0.15, 0.2) is 26.7 Å². The molecule has 0 unspecified atom stereocenters. The molecule has 1 aliphatic heterocycles. The van der Waals surface area contributed by atoms with E-state index in [2.05, 4.69) is 15.4 Å². The molecule has 184 valence electrons. The molecule has 5 atom stereocenters. The number of aromatic nitrogens is 3. The molecule has 3 heterocycles. The van der Waals surface area contributed by atoms with Crippen LogP contribution in [0.25, 0.3) is 11.0 Å². The number of aliphatic hydroxyl groups is 2. The van der Waals surface area contributed by atoms with Crippen molar-refractivity contribution in [3.63, 3.8) is 0 Å². The number of nitrogens with zero attached hydrogens (tertiary/aromatic N) is 3. The Kier molecular flexibility index (Phi) is 6.80. The fraction of sp³-hybridized carbons (Fsp3) is 0.667. The first-order valence-corrected chi connectivity index (χ1v) is 14.2. The van der Waals surface area contributed by atoms with Crippen LogP contribution >= 0.6 is 19.2 Å². The number of hydrogen-bond donors (Lipinski definition) is 5. The summed E-state index contributed by atoms with van der Waals surface area (Å²) in [7, 11) is -9.28. The molecule has 5 N–H and O–H groups in total. The number of fused-ring (bicyclic) bond motifs is 1. The lowest BCUT2D eigenvalue weighted by atomic mass is 10.1. The molecule has 33 heavy (non-hydrogen) atoms. The molecule has 1 aliphatic carbocycles. The second-order valence-electron chi connectivity index (χ2n) is 8.51. The predicted molar refractivity (Wildman–Crippen MR) is 120 cm³/mol. The van der Waals surface area contributed by atoms with Gasteiger partial charge in [0.05, 0.1) is 23.0 Å². The van der Waals surface area contributed by atoms with Crippen molar-refractivity contribution in [3.8, 4) is 0 Å². The molecule has 0 bridgehead atoms. The van der Waals surface area contributed by atoms with Crippen LogP contribution in [0.15, 0.2) is 12.3 Å². The van der Waals surface area contributed by atoms with Crippen molar-refractivity contribution in [2.24, 2.45) is 0 Å². The summed E-state index contributed by atoms with van der Waals surface area (Å²) in [5.74, 6) is -0.893. The van der Waals surface area contributed by atoms with Crippen molar-refractivity contribution in [1.82, 2.24) is 14.8 Å². The number of hydrogen-bond acceptors (Lipinski definition) is 9. The van der Waals surface area contributed by atoms with Crippen LogP contribution in [-0.4, -0.2) is 78.3 Å². The highest BCUT2D eigenvalue weighted by Crippen LogP contribution is 2.45. The molecule has 0 aromatic carbocycles. The highest BCUT2D eigenvalue weighted by molar-refractivity contribution is 7.98. The Morgan fingerprint density at radius 3 is 2.61 bits per heavy atom. The van der Waals surface area contributed by atoms with E-state index < -0.39 is 52.7 Å². The summed E-state index contributed by atoms with van der Waals surface area (Å²) in [6.45, 7) is 0.886. The largest absolute Gasteiger partial charge is 0.387 e. The normalized spacial score (nSPS) is 27.9. The lowest BCUT2D eigenvalue weighted by molar-refractivity contribution is -0.0364. The van der Waals surface area contributed by atoms with Gasteiger partial charge in [-0.05, 0) is 25.8 Å². The maximum Gasteiger partial charge on any atom is 0.343 e. The summed E-state index contributed by atoms with van der Waals surface area (Å²) >= 11 is 6.21. The van der Waals surface area contributed by atoms with Gasteiger partial charge in [0.1, 0.15) is 23.5 Å². The standard InChI is InChI=1S/C18H26ClN4O8PS/c1-9(32(26,27)28)33(29,30)8-13-15(24)16(25)18(31-13)23-17-11(7-20-23)12(6-14(19)22-17)21-10-4-2-3-5-10/h6-7,9-10,13,15-16,18,24-25H,2-5,8H2,1H3,(H,21,22)(H2,26,27,28)/t9-,13+,15+,16+,18+/m0/s1. The van der Waals surface area contributed by atoms with E-state index in [-0.39, 0.29) is 16.8 Å². The second-order valence-corrected chi connectivity index (χ2v) is 13.6. The minimum absolute atomic E-state index is 0.173. The van der Waals surface area contributed by atoms with E-state index in [0.717, 1.165) is 32.6 Å². The first-order chi connectivity index (χ1) is 15.4. The average molecular weight is 525 g/mol. The van der Waals surface area contributed by atoms with E-state index in [0.29, 0.717) is 11.1 Å². The molecule has 2 fully saturated rings. The third kappa shape index (κ3) is 4.92. The first-order valence-electron chi connectivity index (χ1n) is 10.5. The van der Waals surface area contributed by atoms with Gasteiger partial charge in [-0.3, -0.25) is 4.57 Å². The summed E-state index contributed by atoms with van der Waals surface area (Å²) < 4.78 is 43.1. The van der Waals surface area contributed by atoms with E-state index in [1.807, 2.05) is 0 Å². The zero-order valence-corrected chi connectivity index (χ0v) is 20.1. The van der Waals surface area contributed by atoms with Gasteiger partial charge in [-0.1, -0.05) is 24.4 Å². The highest BCUT2D eigenvalue weighted by Gasteiger charge is 2.48. The number of anilines is 1. The first kappa shape index (κ1) is 24.8. The van der Waals surface area contributed by atoms with E-state index in [1.165, 1.54) is 10.9 Å². The molecule has 1 saturated heterocycles. The molecular formula is C18H26ClN4O8PS. The highest BCUT2D eigenvalue weighted by atomic mass is 35.5. The Morgan fingerprint density at radius 1 is 1.30 bits per heavy atom. The number of aliphatic hydroxyl groups excluding tert-OH is 2. The number of sulfone groups is 1. The molecule has 2 aliphatic rings. The molecule has 2 aromatic rings. The zero-order valence-electron chi connectivity index (χ0n) is 17.7. The Labute approximate surface area is 195 Å². The summed E-state index contributed by atoms with van der Waals surface area (Å²) in [6, 6.07) is 1.96. The number of ether oxygens (including phenoxy) is 1. The minimum Gasteiger partial charge on any atom is -0.387 e. The second kappa shape index (κ2) is 9.04. The third-order valence-electron chi connectivity index (χ3n) is 6.22. The van der Waals surface area contributed by atoms with E-state index in [4.69, 9.17) is 16.3 Å². The van der Waals surface area contributed by atoms with Crippen LogP contribution in [0, 0.1) is 0 Å². The quantitative estimate of drug-likeness (QED) is 0.257. The fourth-order valence-electron chi connectivity index (χ4n) is 4.23. The lowest BCUT2D eigenvalue weighted by Gasteiger charge is -2.19. The minimum atomic E-state index is -4.93. The Hall–Kier alpha value is -1.31. The average Bonchev–Trinajstić information content (AvgIpc) is 3.43. The summed E-state index contributed by atoms with van der Waals surface area (Å²) in [5, 5.41) is 29.4. The molecule has 1 saturated carbocycles. The monoisotopic (exact) mass is 524 g/mol. The van der Waals surface area contributed by atoms with Crippen molar-refractivity contribution >= 4 is 45.8 Å². The van der Waals surface area contributed by atoms with Gasteiger partial charge in [-0.25, -0.2) is 18.1 Å². The van der Waals surface area contributed by atoms with Gasteiger partial charge in [-0.15, -0.1) is 0 Å². The van der Waals surface area contributed by atoms with Crippen molar-refractivity contribution in [2.45, 2.75) is 68.2 Å². The van der Waals surface area contributed by atoms with Gasteiger partial charge >= 0.3 is 7.60 Å². The number of pyridine rings is 1. The molecule has 12 nitrogen and oxygen atoms in total. The van der Waals surface area contributed by atoms with Crippen molar-refractivity contribution in [2.75, 3.05) is 11.1 Å². The molecule has 2 aromatic heterocycles. The number of nitrogens with one attached hydrogen (secondary N) is 1. The smallest absolute Gasteiger partial charge is 0.343 e. The van der Waals surface area contributed by atoms with Crippen LogP contribution in [-0.2, 0) is 19.1 Å². The third-order valence-corrected chi connectivity index (χ3v) is 11.0. The molecular weight excluding hydrogens is 499 g/mol. The topological polar surface area (TPSA) is 184 Å². The summed E-state index contributed by atoms with van der Waals surface area (Å²) in [5.41, 5.74) is 0.983. The van der Waals surface area contributed by atoms with Crippen molar-refractivity contribution in [1.29, 1.82) is 0 Å². The molecule has 4 rings (SSSR count). The van der Waals surface area contributed by atoms with Gasteiger partial charge in [0.25, 0.3) is 0 Å². The van der Waals surface area contributed by atoms with Crippen LogP contribution in [0.5, 0.6) is 0 Å². The Balaban J connectivity index is 1.61. The van der Waals surface area contributed by atoms with E-state index in [9.17, 15) is 33.0 Å². The van der Waals surface area contributed by atoms with Gasteiger partial charge in [0, 0.05) is 6.04 Å². The van der Waals surface area contributed by atoms with E-state index >= 15 is 0 Å². The molecule has 0 radical (unpaired) electrons. The number of halogens is 1. The van der Waals surface area contributed by atoms with Gasteiger partial charge in [0.2, 0.25) is 0 Å². The summed E-state index contributed by atoms with van der Waals surface area (Å²) in [6.07, 6.45) is -0.0997.